The number of carbonyl (C=O) groups excluding carboxylic acids is 1. The molecular weight excluding hydrogens is 356 g/mol. The Morgan fingerprint density at radius 1 is 1.29 bits per heavy atom. The van der Waals surface area contributed by atoms with Gasteiger partial charge < -0.3 is 9.84 Å². The lowest BCUT2D eigenvalue weighted by molar-refractivity contribution is 0.0502. The largest absolute Gasteiger partial charge is 0.478 e. The van der Waals surface area contributed by atoms with Crippen molar-refractivity contribution in [2.24, 2.45) is 0 Å². The average molecular weight is 366 g/mol. The van der Waals surface area contributed by atoms with E-state index in [-0.39, 0.29) is 22.6 Å². The first-order chi connectivity index (χ1) is 8.06. The number of aromatic carboxylic acids is 1. The van der Waals surface area contributed by atoms with Crippen molar-refractivity contribution in [2.45, 2.75) is 4.83 Å². The van der Waals surface area contributed by atoms with Crippen molar-refractivity contribution in [1.29, 1.82) is 0 Å². The lowest BCUT2D eigenvalue weighted by Gasteiger charge is -2.09. The van der Waals surface area contributed by atoms with Crippen LogP contribution in [0.15, 0.2) is 24.3 Å². The number of benzene rings is 1. The summed E-state index contributed by atoms with van der Waals surface area (Å²) in [7, 11) is 0. The maximum atomic E-state index is 11.7. The fourth-order valence-electron chi connectivity index (χ4n) is 1.14. The van der Waals surface area contributed by atoms with Crippen LogP contribution in [0.4, 0.5) is 0 Å². The van der Waals surface area contributed by atoms with Gasteiger partial charge >= 0.3 is 11.9 Å². The Hall–Kier alpha value is -0.880. The third-order valence-corrected chi connectivity index (χ3v) is 4.18. The minimum atomic E-state index is -1.14. The molecule has 92 valence electrons. The first kappa shape index (κ1) is 14.2. The van der Waals surface area contributed by atoms with Gasteiger partial charge in [0.2, 0.25) is 0 Å². The SMILES string of the molecule is O=C(O)c1ccccc1C(=O)OCC(Br)CBr. The molecule has 17 heavy (non-hydrogen) atoms. The van der Waals surface area contributed by atoms with Crippen molar-refractivity contribution in [3.63, 3.8) is 0 Å². The van der Waals surface area contributed by atoms with E-state index in [1.807, 2.05) is 0 Å². The van der Waals surface area contributed by atoms with Crippen molar-refractivity contribution in [3.05, 3.63) is 35.4 Å². The molecule has 1 atom stereocenters. The predicted octanol–water partition coefficient (Wildman–Crippen LogP) is 2.70. The van der Waals surface area contributed by atoms with Crippen LogP contribution in [-0.2, 0) is 4.74 Å². The van der Waals surface area contributed by atoms with Gasteiger partial charge in [0, 0.05) is 5.33 Å². The molecule has 1 rings (SSSR count). The molecule has 4 nitrogen and oxygen atoms in total. The van der Waals surface area contributed by atoms with Crippen LogP contribution in [0.5, 0.6) is 0 Å². The molecule has 0 radical (unpaired) electrons. The molecule has 0 amide bonds. The number of ether oxygens (including phenoxy) is 1. The molecule has 1 unspecified atom stereocenters. The quantitative estimate of drug-likeness (QED) is 0.643. The van der Waals surface area contributed by atoms with Crippen molar-refractivity contribution >= 4 is 43.8 Å². The van der Waals surface area contributed by atoms with Crippen LogP contribution in [0.3, 0.4) is 0 Å². The highest BCUT2D eigenvalue weighted by molar-refractivity contribution is 9.12. The van der Waals surface area contributed by atoms with E-state index in [0.29, 0.717) is 5.33 Å². The molecule has 0 spiro atoms. The van der Waals surface area contributed by atoms with E-state index in [0.717, 1.165) is 0 Å². The first-order valence-electron chi connectivity index (χ1n) is 4.75. The molecule has 0 heterocycles. The van der Waals surface area contributed by atoms with Gasteiger partial charge in [-0.3, -0.25) is 0 Å². The van der Waals surface area contributed by atoms with Gasteiger partial charge in [0.15, 0.2) is 0 Å². The first-order valence-corrected chi connectivity index (χ1v) is 6.79. The monoisotopic (exact) mass is 364 g/mol. The van der Waals surface area contributed by atoms with Crippen LogP contribution in [0.1, 0.15) is 20.7 Å². The summed E-state index contributed by atoms with van der Waals surface area (Å²) in [5.41, 5.74) is 0.0109. The standard InChI is InChI=1S/C11H10Br2O4/c12-5-7(13)6-17-11(16)9-4-2-1-3-8(9)10(14)15/h1-4,7H,5-6H2,(H,14,15). The number of hydrogen-bond donors (Lipinski definition) is 1. The van der Waals surface area contributed by atoms with Crippen molar-refractivity contribution < 1.29 is 19.4 Å². The second-order valence-electron chi connectivity index (χ2n) is 3.20. The highest BCUT2D eigenvalue weighted by Crippen LogP contribution is 2.12. The molecule has 0 aromatic heterocycles. The van der Waals surface area contributed by atoms with E-state index in [2.05, 4.69) is 31.9 Å². The molecular formula is C11H10Br2O4. The number of carboxylic acids is 1. The summed E-state index contributed by atoms with van der Waals surface area (Å²) in [6.45, 7) is 0.179. The number of halogens is 2. The molecule has 0 aliphatic carbocycles. The van der Waals surface area contributed by atoms with Gasteiger partial charge in [0.25, 0.3) is 0 Å². The van der Waals surface area contributed by atoms with E-state index in [1.165, 1.54) is 12.1 Å². The van der Waals surface area contributed by atoms with Crippen molar-refractivity contribution in [3.8, 4) is 0 Å². The lowest BCUT2D eigenvalue weighted by Crippen LogP contribution is -2.17. The molecule has 1 aromatic carbocycles. The van der Waals surface area contributed by atoms with E-state index in [9.17, 15) is 9.59 Å². The van der Waals surface area contributed by atoms with Crippen LogP contribution >= 0.6 is 31.9 Å². The summed E-state index contributed by atoms with van der Waals surface area (Å²) in [4.78, 5) is 22.6. The van der Waals surface area contributed by atoms with E-state index < -0.39 is 11.9 Å². The molecule has 0 saturated carbocycles. The second kappa shape index (κ2) is 6.76. The molecule has 0 aliphatic heterocycles. The van der Waals surface area contributed by atoms with Crippen LogP contribution in [0.2, 0.25) is 0 Å². The number of hydrogen-bond acceptors (Lipinski definition) is 3. The number of alkyl halides is 2. The minimum Gasteiger partial charge on any atom is -0.478 e. The normalized spacial score (nSPS) is 11.9. The lowest BCUT2D eigenvalue weighted by atomic mass is 10.1. The number of carbonyl (C=O) groups is 2. The summed E-state index contributed by atoms with van der Waals surface area (Å²) in [6, 6.07) is 5.96. The Kier molecular flexibility index (Phi) is 5.64. The average Bonchev–Trinajstić information content (AvgIpc) is 2.35. The van der Waals surface area contributed by atoms with E-state index >= 15 is 0 Å². The molecule has 0 aliphatic rings. The zero-order valence-corrected chi connectivity index (χ0v) is 11.9. The summed E-state index contributed by atoms with van der Waals surface area (Å²) in [5.74, 6) is -1.78. The maximum Gasteiger partial charge on any atom is 0.339 e. The molecule has 0 fully saturated rings. The highest BCUT2D eigenvalue weighted by Gasteiger charge is 2.17. The molecule has 1 aromatic rings. The molecule has 0 saturated heterocycles. The topological polar surface area (TPSA) is 63.6 Å². The number of carboxylic acid groups (broad SMARTS) is 1. The van der Waals surface area contributed by atoms with E-state index in [1.54, 1.807) is 12.1 Å². The fraction of sp³-hybridized carbons (Fsp3) is 0.273. The molecule has 6 heteroatoms. The Labute approximate surface area is 115 Å². The molecule has 0 bridgehead atoms. The Morgan fingerprint density at radius 2 is 1.88 bits per heavy atom. The highest BCUT2D eigenvalue weighted by atomic mass is 79.9. The summed E-state index contributed by atoms with van der Waals surface area (Å²) < 4.78 is 4.99. The Bertz CT molecular complexity index is 420. The van der Waals surface area contributed by atoms with Gasteiger partial charge in [-0.15, -0.1) is 0 Å². The van der Waals surface area contributed by atoms with Crippen molar-refractivity contribution in [2.75, 3.05) is 11.9 Å². The summed E-state index contributed by atoms with van der Waals surface area (Å²) >= 11 is 6.51. The van der Waals surface area contributed by atoms with Crippen LogP contribution in [0.25, 0.3) is 0 Å². The number of esters is 1. The second-order valence-corrected chi connectivity index (χ2v) is 5.14. The Balaban J connectivity index is 2.78. The van der Waals surface area contributed by atoms with Gasteiger partial charge in [-0.2, -0.15) is 0 Å². The zero-order valence-electron chi connectivity index (χ0n) is 8.73. The third-order valence-electron chi connectivity index (χ3n) is 1.94. The van der Waals surface area contributed by atoms with Gasteiger partial charge in [-0.05, 0) is 12.1 Å². The summed E-state index contributed by atoms with van der Waals surface area (Å²) in [6.07, 6.45) is 0. The van der Waals surface area contributed by atoms with Gasteiger partial charge in [0.1, 0.15) is 6.61 Å². The zero-order chi connectivity index (χ0) is 12.8. The third kappa shape index (κ3) is 4.12. The van der Waals surface area contributed by atoms with Gasteiger partial charge in [-0.25, -0.2) is 9.59 Å². The predicted molar refractivity (Wildman–Crippen MR) is 70.2 cm³/mol. The Morgan fingerprint density at radius 3 is 2.41 bits per heavy atom. The van der Waals surface area contributed by atoms with Crippen LogP contribution < -0.4 is 0 Å². The molecule has 1 N–H and O–H groups in total. The maximum absolute atomic E-state index is 11.7. The van der Waals surface area contributed by atoms with Crippen LogP contribution in [-0.4, -0.2) is 33.8 Å². The van der Waals surface area contributed by atoms with Crippen LogP contribution in [0, 0.1) is 0 Å². The fourth-order valence-corrected chi connectivity index (χ4v) is 1.46. The van der Waals surface area contributed by atoms with E-state index in [4.69, 9.17) is 9.84 Å². The number of rotatable bonds is 5. The summed E-state index contributed by atoms with van der Waals surface area (Å²) in [5, 5.41) is 9.55. The van der Waals surface area contributed by atoms with Gasteiger partial charge in [0.05, 0.1) is 16.0 Å². The minimum absolute atomic E-state index is 0.00319. The van der Waals surface area contributed by atoms with Crippen molar-refractivity contribution in [1.82, 2.24) is 0 Å². The van der Waals surface area contributed by atoms with Gasteiger partial charge in [-0.1, -0.05) is 44.0 Å². The smallest absolute Gasteiger partial charge is 0.339 e.